The Labute approximate surface area is 117 Å². The van der Waals surface area contributed by atoms with Crippen molar-refractivity contribution in [2.75, 3.05) is 0 Å². The number of benzene rings is 4. The van der Waals surface area contributed by atoms with Gasteiger partial charge in [0.05, 0.1) is 0 Å². The fourth-order valence-corrected chi connectivity index (χ4v) is 3.10. The number of hydrogen-bond acceptors (Lipinski definition) is 4. The Balaban J connectivity index is 2.63. The van der Waals surface area contributed by atoms with Crippen LogP contribution in [-0.4, -0.2) is 0 Å². The summed E-state index contributed by atoms with van der Waals surface area (Å²) in [6.07, 6.45) is 0. The van der Waals surface area contributed by atoms with Gasteiger partial charge in [0.25, 0.3) is 0 Å². The lowest BCUT2D eigenvalue weighted by Gasteiger charge is -2.14. The predicted octanol–water partition coefficient (Wildman–Crippen LogP) is 1.16. The highest BCUT2D eigenvalue weighted by Crippen LogP contribution is 2.34. The standard InChI is InChI=1S/C17H8O4/c1-7-5-10-13-11(6-7)17(21)15(19)9-4-2-3-8(12(9)13)14(18)16(10)20/h2-6H,1H3. The van der Waals surface area contributed by atoms with E-state index in [4.69, 9.17) is 0 Å². The molecule has 0 N–H and O–H groups in total. The molecule has 0 heterocycles. The predicted molar refractivity (Wildman–Crippen MR) is 81.5 cm³/mol. The van der Waals surface area contributed by atoms with Gasteiger partial charge in [-0.15, -0.1) is 0 Å². The first-order chi connectivity index (χ1) is 10.0. The molecule has 2 aliphatic rings. The molecule has 21 heavy (non-hydrogen) atoms. The third kappa shape index (κ3) is 1.29. The molecule has 4 nitrogen and oxygen atoms in total. The Bertz CT molecular complexity index is 1120. The van der Waals surface area contributed by atoms with Crippen LogP contribution in [0.3, 0.4) is 0 Å². The summed E-state index contributed by atoms with van der Waals surface area (Å²) in [4.78, 5) is 49.0. The fraction of sp³-hybridized carbons (Fsp3) is 0.0588. The summed E-state index contributed by atoms with van der Waals surface area (Å²) >= 11 is 0. The maximum atomic E-state index is 12.3. The smallest absolute Gasteiger partial charge is 0.234 e. The topological polar surface area (TPSA) is 68.3 Å². The van der Waals surface area contributed by atoms with Gasteiger partial charge in [0.15, 0.2) is 0 Å². The minimum absolute atomic E-state index is 0.205. The van der Waals surface area contributed by atoms with Gasteiger partial charge in [-0.1, -0.05) is 18.2 Å². The summed E-state index contributed by atoms with van der Waals surface area (Å²) in [5, 5.41) is 0.846. The Kier molecular flexibility index (Phi) is 2.04. The normalized spacial score (nSPS) is 11.9. The Morgan fingerprint density at radius 1 is 0.619 bits per heavy atom. The third-order valence-corrected chi connectivity index (χ3v) is 3.99. The number of aryl methyl sites for hydroxylation is 1. The second-order valence-electron chi connectivity index (χ2n) is 5.28. The minimum atomic E-state index is -0.627. The molecule has 4 rings (SSSR count). The van der Waals surface area contributed by atoms with Gasteiger partial charge in [-0.25, -0.2) is 0 Å². The summed E-state index contributed by atoms with van der Waals surface area (Å²) in [5.41, 5.74) is -0.967. The van der Waals surface area contributed by atoms with Crippen LogP contribution < -0.4 is 21.7 Å². The van der Waals surface area contributed by atoms with Crippen LogP contribution >= 0.6 is 0 Å². The maximum Gasteiger partial charge on any atom is 0.234 e. The molecule has 0 atom stereocenters. The van der Waals surface area contributed by atoms with E-state index in [2.05, 4.69) is 0 Å². The zero-order valence-electron chi connectivity index (χ0n) is 11.0. The van der Waals surface area contributed by atoms with Gasteiger partial charge in [-0.3, -0.25) is 19.2 Å². The number of hydrogen-bond donors (Lipinski definition) is 0. The molecule has 0 spiro atoms. The van der Waals surface area contributed by atoms with Gasteiger partial charge < -0.3 is 0 Å². The van der Waals surface area contributed by atoms with Crippen molar-refractivity contribution < 1.29 is 0 Å². The highest BCUT2D eigenvalue weighted by atomic mass is 16.2. The van der Waals surface area contributed by atoms with E-state index in [9.17, 15) is 19.2 Å². The van der Waals surface area contributed by atoms with Crippen LogP contribution in [0.5, 0.6) is 0 Å². The van der Waals surface area contributed by atoms with Gasteiger partial charge in [-0.2, -0.15) is 0 Å². The van der Waals surface area contributed by atoms with Gasteiger partial charge in [0.1, 0.15) is 0 Å². The van der Waals surface area contributed by atoms with E-state index < -0.39 is 21.7 Å². The van der Waals surface area contributed by atoms with Crippen LogP contribution in [0.15, 0.2) is 49.5 Å². The van der Waals surface area contributed by atoms with Crippen LogP contribution in [-0.2, 0) is 0 Å². The molecule has 2 aromatic carbocycles. The second kappa shape index (κ2) is 3.61. The first-order valence-corrected chi connectivity index (χ1v) is 6.47. The summed E-state index contributed by atoms with van der Waals surface area (Å²) in [7, 11) is 0. The van der Waals surface area contributed by atoms with Crippen molar-refractivity contribution in [3.8, 4) is 11.1 Å². The Morgan fingerprint density at radius 3 is 1.48 bits per heavy atom. The molecule has 4 heteroatoms. The van der Waals surface area contributed by atoms with Gasteiger partial charge in [0, 0.05) is 32.7 Å². The van der Waals surface area contributed by atoms with Crippen molar-refractivity contribution in [1.29, 1.82) is 0 Å². The van der Waals surface area contributed by atoms with Crippen molar-refractivity contribution in [2.45, 2.75) is 6.92 Å². The monoisotopic (exact) mass is 276 g/mol. The van der Waals surface area contributed by atoms with Crippen LogP contribution in [0.25, 0.3) is 32.7 Å². The Hall–Kier alpha value is -2.88. The first-order valence-electron chi connectivity index (χ1n) is 6.47. The molecule has 0 saturated carbocycles. The molecule has 0 unspecified atom stereocenters. The van der Waals surface area contributed by atoms with Crippen molar-refractivity contribution in [2.24, 2.45) is 0 Å². The van der Waals surface area contributed by atoms with E-state index >= 15 is 0 Å². The van der Waals surface area contributed by atoms with E-state index in [1.807, 2.05) is 0 Å². The van der Waals surface area contributed by atoms with E-state index in [-0.39, 0.29) is 21.5 Å². The SMILES string of the molecule is Cc1cc2c3c(c1)c(=O)c(=O)c1cccc(c1-3)c(=O)c2=O. The zero-order valence-corrected chi connectivity index (χ0v) is 11.0. The summed E-state index contributed by atoms with van der Waals surface area (Å²) in [6, 6.07) is 7.77. The van der Waals surface area contributed by atoms with Crippen molar-refractivity contribution in [3.05, 3.63) is 76.8 Å². The largest absolute Gasteiger partial charge is 0.285 e. The van der Waals surface area contributed by atoms with Crippen molar-refractivity contribution >= 4 is 21.5 Å². The molecular weight excluding hydrogens is 268 g/mol. The average molecular weight is 276 g/mol. The van der Waals surface area contributed by atoms with E-state index in [0.29, 0.717) is 16.7 Å². The van der Waals surface area contributed by atoms with E-state index in [1.54, 1.807) is 19.1 Å². The van der Waals surface area contributed by atoms with Crippen molar-refractivity contribution in [1.82, 2.24) is 0 Å². The highest BCUT2D eigenvalue weighted by molar-refractivity contribution is 6.11. The molecule has 2 aliphatic carbocycles. The molecule has 0 aliphatic heterocycles. The summed E-state index contributed by atoms with van der Waals surface area (Å²) < 4.78 is 0. The van der Waals surface area contributed by atoms with Crippen LogP contribution in [0.4, 0.5) is 0 Å². The zero-order chi connectivity index (χ0) is 14.9. The van der Waals surface area contributed by atoms with E-state index in [1.165, 1.54) is 18.2 Å². The molecule has 0 amide bonds. The van der Waals surface area contributed by atoms with Gasteiger partial charge in [0.2, 0.25) is 21.7 Å². The molecule has 100 valence electrons. The Morgan fingerprint density at radius 2 is 1.00 bits per heavy atom. The lowest BCUT2D eigenvalue weighted by molar-refractivity contribution is 1.45. The molecule has 0 saturated heterocycles. The van der Waals surface area contributed by atoms with Crippen molar-refractivity contribution in [3.63, 3.8) is 0 Å². The molecule has 0 aromatic heterocycles. The quantitative estimate of drug-likeness (QED) is 0.357. The molecule has 0 radical (unpaired) electrons. The van der Waals surface area contributed by atoms with Crippen LogP contribution in [0.2, 0.25) is 0 Å². The second-order valence-corrected chi connectivity index (χ2v) is 5.28. The van der Waals surface area contributed by atoms with E-state index in [0.717, 1.165) is 0 Å². The molecular formula is C17H8O4. The first kappa shape index (κ1) is 11.9. The summed E-state index contributed by atoms with van der Waals surface area (Å²) in [5.74, 6) is 0. The molecule has 0 bridgehead atoms. The minimum Gasteiger partial charge on any atom is -0.285 e. The number of rotatable bonds is 0. The molecule has 0 fully saturated rings. The fourth-order valence-electron chi connectivity index (χ4n) is 3.10. The lowest BCUT2D eigenvalue weighted by Crippen LogP contribution is -2.31. The average Bonchev–Trinajstić information content (AvgIpc) is 2.48. The third-order valence-electron chi connectivity index (χ3n) is 3.99. The highest BCUT2D eigenvalue weighted by Gasteiger charge is 2.24. The maximum absolute atomic E-state index is 12.3. The van der Waals surface area contributed by atoms with Gasteiger partial charge in [-0.05, 0) is 24.6 Å². The summed E-state index contributed by atoms with van der Waals surface area (Å²) in [6.45, 7) is 1.72. The van der Waals surface area contributed by atoms with Crippen LogP contribution in [0.1, 0.15) is 5.56 Å². The van der Waals surface area contributed by atoms with Crippen LogP contribution in [0, 0.1) is 6.92 Å². The van der Waals surface area contributed by atoms with Gasteiger partial charge >= 0.3 is 0 Å². The molecule has 2 aromatic rings. The lowest BCUT2D eigenvalue weighted by atomic mass is 9.86.